The molecule has 5 heterocycles. The average molecular weight is 445 g/mol. The van der Waals surface area contributed by atoms with E-state index in [0.29, 0.717) is 17.2 Å². The fourth-order valence-corrected chi connectivity index (χ4v) is 4.39. The van der Waals surface area contributed by atoms with Crippen LogP contribution >= 0.6 is 0 Å². The minimum absolute atomic E-state index is 0.218. The highest BCUT2D eigenvalue weighted by atomic mass is 16.1. The Kier molecular flexibility index (Phi) is 6.01. The summed E-state index contributed by atoms with van der Waals surface area (Å²) >= 11 is 0. The van der Waals surface area contributed by atoms with E-state index in [0.717, 1.165) is 44.4 Å². The van der Waals surface area contributed by atoms with E-state index in [9.17, 15) is 4.79 Å². The lowest BCUT2D eigenvalue weighted by molar-refractivity contribution is 0.102. The van der Waals surface area contributed by atoms with E-state index in [1.165, 1.54) is 12.8 Å². The summed E-state index contributed by atoms with van der Waals surface area (Å²) in [6.45, 7) is 6.71. The van der Waals surface area contributed by atoms with E-state index in [2.05, 4.69) is 46.9 Å². The number of amides is 1. The number of aromatic nitrogens is 4. The monoisotopic (exact) mass is 444 g/mol. The van der Waals surface area contributed by atoms with Gasteiger partial charge < -0.3 is 20.0 Å². The summed E-state index contributed by atoms with van der Waals surface area (Å²) < 4.78 is 0. The zero-order chi connectivity index (χ0) is 22.6. The van der Waals surface area contributed by atoms with Gasteiger partial charge in [0.05, 0.1) is 23.6 Å². The average Bonchev–Trinajstić information content (AvgIpc) is 3.40. The molecule has 0 aromatic carbocycles. The molecule has 2 saturated heterocycles. The fourth-order valence-electron chi connectivity index (χ4n) is 4.39. The molecule has 9 nitrogen and oxygen atoms in total. The van der Waals surface area contributed by atoms with Gasteiger partial charge >= 0.3 is 0 Å². The van der Waals surface area contributed by atoms with Gasteiger partial charge in [0, 0.05) is 51.2 Å². The van der Waals surface area contributed by atoms with Crippen LogP contribution in [0.5, 0.6) is 0 Å². The third kappa shape index (κ3) is 4.72. The Hall–Kier alpha value is -3.75. The number of hydrogen-bond acceptors (Lipinski definition) is 8. The van der Waals surface area contributed by atoms with Crippen molar-refractivity contribution in [2.24, 2.45) is 0 Å². The largest absolute Gasteiger partial charge is 0.357 e. The molecule has 1 atom stereocenters. The quantitative estimate of drug-likeness (QED) is 0.643. The smallest absolute Gasteiger partial charge is 0.257 e. The molecule has 0 aliphatic carbocycles. The lowest BCUT2D eigenvalue weighted by Crippen LogP contribution is -2.53. The Bertz CT molecular complexity index is 1070. The zero-order valence-corrected chi connectivity index (χ0v) is 18.8. The van der Waals surface area contributed by atoms with Crippen LogP contribution < -0.4 is 20.0 Å². The molecular formula is C24H28N8O. The number of piperazine rings is 1. The summed E-state index contributed by atoms with van der Waals surface area (Å²) in [4.78, 5) is 37.2. The maximum Gasteiger partial charge on any atom is 0.257 e. The van der Waals surface area contributed by atoms with E-state index >= 15 is 0 Å². The van der Waals surface area contributed by atoms with Gasteiger partial charge in [0.25, 0.3) is 5.91 Å². The third-order valence-electron chi connectivity index (χ3n) is 6.19. The van der Waals surface area contributed by atoms with Gasteiger partial charge in [-0.05, 0) is 44.0 Å². The maximum atomic E-state index is 12.6. The molecule has 1 N–H and O–H groups in total. The van der Waals surface area contributed by atoms with Crippen LogP contribution in [0.4, 0.5) is 23.3 Å². The van der Waals surface area contributed by atoms with Gasteiger partial charge in [-0.3, -0.25) is 4.79 Å². The summed E-state index contributed by atoms with van der Waals surface area (Å²) in [5, 5.41) is 2.86. The highest BCUT2D eigenvalue weighted by Crippen LogP contribution is 2.21. The molecule has 0 unspecified atom stereocenters. The molecule has 1 amide bonds. The number of hydrogen-bond donors (Lipinski definition) is 1. The number of carbonyl (C=O) groups excluding carboxylic acids is 1. The molecule has 0 radical (unpaired) electrons. The number of carbonyl (C=O) groups is 1. The Morgan fingerprint density at radius 3 is 2.33 bits per heavy atom. The van der Waals surface area contributed by atoms with Crippen LogP contribution in [0.2, 0.25) is 0 Å². The van der Waals surface area contributed by atoms with Crippen LogP contribution in [0, 0.1) is 0 Å². The van der Waals surface area contributed by atoms with Gasteiger partial charge in [0.2, 0.25) is 5.95 Å². The fraction of sp³-hybridized carbons (Fsp3) is 0.375. The molecule has 0 saturated carbocycles. The molecule has 5 rings (SSSR count). The molecule has 9 heteroatoms. The van der Waals surface area contributed by atoms with E-state index in [1.807, 2.05) is 36.5 Å². The van der Waals surface area contributed by atoms with Gasteiger partial charge in [-0.1, -0.05) is 6.07 Å². The van der Waals surface area contributed by atoms with Gasteiger partial charge in [-0.15, -0.1) is 0 Å². The lowest BCUT2D eigenvalue weighted by Gasteiger charge is -2.40. The van der Waals surface area contributed by atoms with Crippen molar-refractivity contribution in [1.82, 2.24) is 19.9 Å². The topological polar surface area (TPSA) is 90.4 Å². The SMILES string of the molecule is C[C@H]1CN(c2ccccn2)CCN1c1ncc(NC(=O)c2ccc(N3CCCC3)nc2)cn1. The predicted molar refractivity (Wildman–Crippen MR) is 129 cm³/mol. The first-order valence-electron chi connectivity index (χ1n) is 11.4. The number of nitrogens with one attached hydrogen (secondary N) is 1. The number of rotatable bonds is 5. The molecule has 3 aromatic rings. The molecule has 2 fully saturated rings. The molecular weight excluding hydrogens is 416 g/mol. The van der Waals surface area contributed by atoms with E-state index in [1.54, 1.807) is 18.6 Å². The second kappa shape index (κ2) is 9.40. The first kappa shape index (κ1) is 21.1. The third-order valence-corrected chi connectivity index (χ3v) is 6.19. The van der Waals surface area contributed by atoms with Crippen LogP contribution in [0.15, 0.2) is 55.1 Å². The summed E-state index contributed by atoms with van der Waals surface area (Å²) in [6, 6.07) is 9.93. The number of nitrogens with zero attached hydrogens (tertiary/aromatic N) is 7. The summed E-state index contributed by atoms with van der Waals surface area (Å²) in [5.74, 6) is 2.36. The number of pyridine rings is 2. The first-order valence-corrected chi connectivity index (χ1v) is 11.4. The molecule has 0 spiro atoms. The van der Waals surface area contributed by atoms with Crippen LogP contribution in [-0.4, -0.2) is 64.6 Å². The second-order valence-electron chi connectivity index (χ2n) is 8.50. The van der Waals surface area contributed by atoms with Crippen LogP contribution in [0.25, 0.3) is 0 Å². The van der Waals surface area contributed by atoms with Crippen LogP contribution in [0.1, 0.15) is 30.1 Å². The molecule has 2 aliphatic rings. The van der Waals surface area contributed by atoms with Crippen molar-refractivity contribution in [1.29, 1.82) is 0 Å². The van der Waals surface area contributed by atoms with Gasteiger partial charge in [-0.2, -0.15) is 0 Å². The van der Waals surface area contributed by atoms with Gasteiger partial charge in [0.15, 0.2) is 0 Å². The minimum Gasteiger partial charge on any atom is -0.357 e. The van der Waals surface area contributed by atoms with Crippen molar-refractivity contribution in [3.63, 3.8) is 0 Å². The summed E-state index contributed by atoms with van der Waals surface area (Å²) in [7, 11) is 0. The Balaban J connectivity index is 1.19. The highest BCUT2D eigenvalue weighted by Gasteiger charge is 2.26. The predicted octanol–water partition coefficient (Wildman–Crippen LogP) is 2.83. The Morgan fingerprint density at radius 1 is 0.879 bits per heavy atom. The lowest BCUT2D eigenvalue weighted by atomic mass is 10.2. The normalized spacial score (nSPS) is 18.5. The van der Waals surface area contributed by atoms with Crippen molar-refractivity contribution >= 4 is 29.2 Å². The minimum atomic E-state index is -0.218. The molecule has 3 aromatic heterocycles. The van der Waals surface area contributed by atoms with Crippen LogP contribution in [0.3, 0.4) is 0 Å². The van der Waals surface area contributed by atoms with E-state index in [-0.39, 0.29) is 11.9 Å². The van der Waals surface area contributed by atoms with E-state index < -0.39 is 0 Å². The van der Waals surface area contributed by atoms with Gasteiger partial charge in [0.1, 0.15) is 11.6 Å². The van der Waals surface area contributed by atoms with Crippen molar-refractivity contribution in [2.75, 3.05) is 52.7 Å². The van der Waals surface area contributed by atoms with Crippen molar-refractivity contribution in [3.8, 4) is 0 Å². The van der Waals surface area contributed by atoms with E-state index in [4.69, 9.17) is 0 Å². The molecule has 33 heavy (non-hydrogen) atoms. The molecule has 2 aliphatic heterocycles. The van der Waals surface area contributed by atoms with Crippen molar-refractivity contribution in [2.45, 2.75) is 25.8 Å². The Morgan fingerprint density at radius 2 is 1.67 bits per heavy atom. The highest BCUT2D eigenvalue weighted by molar-refractivity contribution is 6.04. The van der Waals surface area contributed by atoms with Crippen LogP contribution in [-0.2, 0) is 0 Å². The second-order valence-corrected chi connectivity index (χ2v) is 8.50. The molecule has 0 bridgehead atoms. The standard InChI is InChI=1S/C24H28N8O/c1-18-17-31(21-6-2-3-9-25-21)12-13-32(18)24-27-15-20(16-28-24)29-23(33)19-7-8-22(26-14-19)30-10-4-5-11-30/h2-3,6-9,14-16,18H,4-5,10-13,17H2,1H3,(H,29,33)/t18-/m0/s1. The van der Waals surface area contributed by atoms with Gasteiger partial charge in [-0.25, -0.2) is 19.9 Å². The van der Waals surface area contributed by atoms with Crippen molar-refractivity contribution < 1.29 is 4.79 Å². The maximum absolute atomic E-state index is 12.6. The summed E-state index contributed by atoms with van der Waals surface area (Å²) in [5.41, 5.74) is 1.08. The molecule has 170 valence electrons. The first-order chi connectivity index (χ1) is 16.2. The Labute approximate surface area is 193 Å². The van der Waals surface area contributed by atoms with Crippen molar-refractivity contribution in [3.05, 3.63) is 60.7 Å². The summed E-state index contributed by atoms with van der Waals surface area (Å²) in [6.07, 6.45) is 9.15. The zero-order valence-electron chi connectivity index (χ0n) is 18.8. The number of anilines is 4.